The molecule has 4 heteroatoms. The number of hydrogen-bond donors (Lipinski definition) is 0. The zero-order chi connectivity index (χ0) is 44.8. The molecule has 1 aliphatic carbocycles. The van der Waals surface area contributed by atoms with Crippen LogP contribution in [0.5, 0.6) is 0 Å². The van der Waals surface area contributed by atoms with Crippen molar-refractivity contribution in [2.75, 3.05) is 16.8 Å². The summed E-state index contributed by atoms with van der Waals surface area (Å²) in [5.74, 6) is -0.252. The van der Waals surface area contributed by atoms with Crippen molar-refractivity contribution >= 4 is 61.0 Å². The Morgan fingerprint density at radius 2 is 0.985 bits per heavy atom. The second-order valence-electron chi connectivity index (χ2n) is 17.5. The van der Waals surface area contributed by atoms with Gasteiger partial charge in [0.2, 0.25) is 0 Å². The molecule has 11 aromatic rings. The highest BCUT2D eigenvalue weighted by Gasteiger charge is 2.35. The molecule has 0 saturated carbocycles. The van der Waals surface area contributed by atoms with Gasteiger partial charge in [0.25, 0.3) is 0 Å². The Morgan fingerprint density at radius 1 is 0.409 bits per heavy atom. The van der Waals surface area contributed by atoms with Gasteiger partial charge in [-0.2, -0.15) is 0 Å². The van der Waals surface area contributed by atoms with Crippen LogP contribution < -0.4 is 9.80 Å². The molecule has 318 valence electrons. The van der Waals surface area contributed by atoms with Crippen molar-refractivity contribution in [1.82, 2.24) is 4.57 Å². The SMILES string of the molecule is CN(c1ccccc1)c1ccc2c(c1)C(C)(C)c1ccccc1-2.Fc1ccc(N(c2ccccc2)c2ccccc2-c2ccc3c(c2)c2ccccc2n3-c2cccc3ccccc23)cc1. The van der Waals surface area contributed by atoms with E-state index in [0.717, 1.165) is 33.7 Å². The average molecular weight is 854 g/mol. The van der Waals surface area contributed by atoms with Gasteiger partial charge in [-0.25, -0.2) is 4.39 Å². The number of fused-ring (bicyclic) bond motifs is 7. The number of hydrogen-bond acceptors (Lipinski definition) is 2. The van der Waals surface area contributed by atoms with Gasteiger partial charge in [-0.15, -0.1) is 0 Å². The monoisotopic (exact) mass is 853 g/mol. The fourth-order valence-electron chi connectivity index (χ4n) is 10.0. The third-order valence-electron chi connectivity index (χ3n) is 13.3. The number of aromatic nitrogens is 1. The zero-order valence-electron chi connectivity index (χ0n) is 37.2. The highest BCUT2D eigenvalue weighted by molar-refractivity contribution is 6.12. The van der Waals surface area contributed by atoms with Crippen LogP contribution >= 0.6 is 0 Å². The molecule has 0 aliphatic heterocycles. The van der Waals surface area contributed by atoms with E-state index < -0.39 is 0 Å². The topological polar surface area (TPSA) is 11.4 Å². The molecule has 10 aromatic carbocycles. The van der Waals surface area contributed by atoms with Crippen molar-refractivity contribution in [3.05, 3.63) is 254 Å². The number of para-hydroxylation sites is 4. The minimum Gasteiger partial charge on any atom is -0.345 e. The minimum absolute atomic E-state index is 0.0550. The number of nitrogens with zero attached hydrogens (tertiary/aromatic N) is 3. The molecule has 0 atom stereocenters. The summed E-state index contributed by atoms with van der Waals surface area (Å²) in [7, 11) is 2.13. The van der Waals surface area contributed by atoms with Crippen molar-refractivity contribution < 1.29 is 4.39 Å². The van der Waals surface area contributed by atoms with Crippen molar-refractivity contribution in [3.8, 4) is 27.9 Å². The second kappa shape index (κ2) is 16.7. The van der Waals surface area contributed by atoms with Gasteiger partial charge in [0.1, 0.15) is 5.82 Å². The summed E-state index contributed by atoms with van der Waals surface area (Å²) in [6.07, 6.45) is 0. The third-order valence-corrected chi connectivity index (χ3v) is 13.3. The molecule has 0 saturated heterocycles. The first-order chi connectivity index (χ1) is 32.3. The summed E-state index contributed by atoms with van der Waals surface area (Å²) in [5.41, 5.74) is 16.7. The fraction of sp³-hybridized carbons (Fsp3) is 0.0645. The molecular formula is C62H48FN3. The van der Waals surface area contributed by atoms with E-state index in [1.807, 2.05) is 30.3 Å². The van der Waals surface area contributed by atoms with Crippen LogP contribution in [0.2, 0.25) is 0 Å². The fourth-order valence-corrected chi connectivity index (χ4v) is 10.0. The van der Waals surface area contributed by atoms with Crippen LogP contribution in [0.25, 0.3) is 60.5 Å². The first-order valence-electron chi connectivity index (χ1n) is 22.6. The van der Waals surface area contributed by atoms with Crippen molar-refractivity contribution in [3.63, 3.8) is 0 Å². The van der Waals surface area contributed by atoms with E-state index in [1.165, 1.54) is 78.5 Å². The molecule has 0 N–H and O–H groups in total. The van der Waals surface area contributed by atoms with Crippen LogP contribution in [0.15, 0.2) is 237 Å². The molecule has 1 aromatic heterocycles. The maximum Gasteiger partial charge on any atom is 0.123 e. The highest BCUT2D eigenvalue weighted by atomic mass is 19.1. The molecule has 0 unspecified atom stereocenters. The predicted octanol–water partition coefficient (Wildman–Crippen LogP) is 17.0. The van der Waals surface area contributed by atoms with Crippen molar-refractivity contribution in [1.29, 1.82) is 0 Å². The Balaban J connectivity index is 0.000000176. The molecule has 0 spiro atoms. The van der Waals surface area contributed by atoms with Crippen molar-refractivity contribution in [2.45, 2.75) is 19.3 Å². The lowest BCUT2D eigenvalue weighted by Gasteiger charge is -2.27. The van der Waals surface area contributed by atoms with Crippen LogP contribution in [0.3, 0.4) is 0 Å². The Bertz CT molecular complexity index is 3530. The Kier molecular flexibility index (Phi) is 10.3. The van der Waals surface area contributed by atoms with E-state index in [-0.39, 0.29) is 11.2 Å². The molecule has 1 heterocycles. The second-order valence-corrected chi connectivity index (χ2v) is 17.5. The van der Waals surface area contributed by atoms with Gasteiger partial charge in [-0.1, -0.05) is 159 Å². The van der Waals surface area contributed by atoms with E-state index in [0.29, 0.717) is 0 Å². The van der Waals surface area contributed by atoms with Gasteiger partial charge in [0.15, 0.2) is 0 Å². The molecule has 66 heavy (non-hydrogen) atoms. The minimum atomic E-state index is -0.252. The summed E-state index contributed by atoms with van der Waals surface area (Å²) in [6.45, 7) is 4.65. The van der Waals surface area contributed by atoms with Gasteiger partial charge in [0, 0.05) is 56.9 Å². The molecule has 3 nitrogen and oxygen atoms in total. The molecule has 1 aliphatic rings. The highest BCUT2D eigenvalue weighted by Crippen LogP contribution is 2.50. The van der Waals surface area contributed by atoms with Gasteiger partial charge in [0.05, 0.1) is 22.4 Å². The smallest absolute Gasteiger partial charge is 0.123 e. The summed E-state index contributed by atoms with van der Waals surface area (Å²) >= 11 is 0. The largest absolute Gasteiger partial charge is 0.345 e. The Labute approximate surface area is 385 Å². The summed E-state index contributed by atoms with van der Waals surface area (Å²) in [4.78, 5) is 4.44. The number of anilines is 5. The summed E-state index contributed by atoms with van der Waals surface area (Å²) in [5, 5.41) is 4.85. The lowest BCUT2D eigenvalue weighted by Crippen LogP contribution is -2.16. The zero-order valence-corrected chi connectivity index (χ0v) is 37.2. The van der Waals surface area contributed by atoms with Gasteiger partial charge in [-0.05, 0) is 124 Å². The lowest BCUT2D eigenvalue weighted by molar-refractivity contribution is 0.628. The standard InChI is InChI=1S/C40H27FN2.C22H21N/c41-30-22-24-32(25-23-30)42(31-13-2-1-3-14-31)37-18-8-6-16-34(37)29-21-26-40-36(27-29)35-17-7-9-19-39(35)43(40)38-20-10-12-28-11-4-5-15-33(28)38;1-22(2)20-12-8-7-11-18(20)19-14-13-17(15-21(19)22)23(3)16-9-5-4-6-10-16/h1-27H;4-15H,1-3H3. The van der Waals surface area contributed by atoms with E-state index in [2.05, 4.69) is 229 Å². The Morgan fingerprint density at radius 3 is 1.77 bits per heavy atom. The van der Waals surface area contributed by atoms with Crippen LogP contribution in [0.4, 0.5) is 32.8 Å². The molecule has 0 radical (unpaired) electrons. The van der Waals surface area contributed by atoms with Gasteiger partial charge in [-0.3, -0.25) is 0 Å². The number of rotatable bonds is 7. The van der Waals surface area contributed by atoms with E-state index in [9.17, 15) is 4.39 Å². The maximum atomic E-state index is 14.0. The van der Waals surface area contributed by atoms with Crippen LogP contribution in [-0.4, -0.2) is 11.6 Å². The lowest BCUT2D eigenvalue weighted by atomic mass is 9.82. The molecule has 0 fully saturated rings. The van der Waals surface area contributed by atoms with Crippen LogP contribution in [0.1, 0.15) is 25.0 Å². The third kappa shape index (κ3) is 7.08. The average Bonchev–Trinajstić information content (AvgIpc) is 3.82. The normalized spacial score (nSPS) is 12.4. The number of benzene rings is 10. The molecule has 12 rings (SSSR count). The first-order valence-corrected chi connectivity index (χ1v) is 22.6. The quantitative estimate of drug-likeness (QED) is 0.158. The summed E-state index contributed by atoms with van der Waals surface area (Å²) in [6, 6.07) is 82.0. The Hall–Kier alpha value is -8.21. The van der Waals surface area contributed by atoms with Gasteiger partial charge < -0.3 is 14.4 Å². The van der Waals surface area contributed by atoms with Crippen molar-refractivity contribution in [2.24, 2.45) is 0 Å². The van der Waals surface area contributed by atoms with Crippen LogP contribution in [0, 0.1) is 5.82 Å². The van der Waals surface area contributed by atoms with E-state index >= 15 is 0 Å². The molecule has 0 bridgehead atoms. The van der Waals surface area contributed by atoms with Crippen LogP contribution in [-0.2, 0) is 5.41 Å². The number of halogens is 1. The molecular weight excluding hydrogens is 806 g/mol. The van der Waals surface area contributed by atoms with E-state index in [4.69, 9.17) is 0 Å². The predicted molar refractivity (Wildman–Crippen MR) is 277 cm³/mol. The van der Waals surface area contributed by atoms with E-state index in [1.54, 1.807) is 0 Å². The maximum absolute atomic E-state index is 14.0. The molecule has 0 amide bonds. The summed E-state index contributed by atoms with van der Waals surface area (Å²) < 4.78 is 16.4. The first kappa shape index (κ1) is 40.6. The van der Waals surface area contributed by atoms with Gasteiger partial charge >= 0.3 is 0 Å².